The van der Waals surface area contributed by atoms with Crippen LogP contribution in [0, 0.1) is 11.8 Å². The molecule has 4 nitrogen and oxygen atoms in total. The standard InChI is InChI=1S/C10H12O4/c11-9(12)7-2-1-3-8-6(7)4-5-14-10(8)13/h2,6,8H,1,3-5H2,(H,11,12)/t6-,8-/m1/s1. The normalized spacial score (nSPS) is 31.4. The smallest absolute Gasteiger partial charge is 0.331 e. The van der Waals surface area contributed by atoms with Gasteiger partial charge in [0.2, 0.25) is 0 Å². The monoisotopic (exact) mass is 196 g/mol. The number of rotatable bonds is 1. The maximum Gasteiger partial charge on any atom is 0.331 e. The van der Waals surface area contributed by atoms with Gasteiger partial charge in [-0.05, 0) is 19.3 Å². The van der Waals surface area contributed by atoms with Crippen molar-refractivity contribution in [2.75, 3.05) is 6.61 Å². The highest BCUT2D eigenvalue weighted by Gasteiger charge is 2.39. The number of hydrogen-bond donors (Lipinski definition) is 1. The number of fused-ring (bicyclic) bond motifs is 1. The lowest BCUT2D eigenvalue weighted by molar-refractivity contribution is -0.156. The van der Waals surface area contributed by atoms with Crippen molar-refractivity contribution in [3.63, 3.8) is 0 Å². The van der Waals surface area contributed by atoms with Crippen LogP contribution in [-0.4, -0.2) is 23.7 Å². The Bertz CT molecular complexity index is 305. The average molecular weight is 196 g/mol. The van der Waals surface area contributed by atoms with Crippen LogP contribution in [0.2, 0.25) is 0 Å². The summed E-state index contributed by atoms with van der Waals surface area (Å²) in [6, 6.07) is 0. The van der Waals surface area contributed by atoms with Gasteiger partial charge in [-0.15, -0.1) is 0 Å². The molecule has 1 aliphatic heterocycles. The Morgan fingerprint density at radius 3 is 2.93 bits per heavy atom. The van der Waals surface area contributed by atoms with Gasteiger partial charge in [0, 0.05) is 11.5 Å². The van der Waals surface area contributed by atoms with E-state index in [2.05, 4.69) is 0 Å². The largest absolute Gasteiger partial charge is 0.478 e. The molecule has 0 bridgehead atoms. The van der Waals surface area contributed by atoms with Gasteiger partial charge in [0.05, 0.1) is 12.5 Å². The van der Waals surface area contributed by atoms with Crippen molar-refractivity contribution in [3.8, 4) is 0 Å². The Labute approximate surface area is 81.6 Å². The van der Waals surface area contributed by atoms with Gasteiger partial charge in [-0.2, -0.15) is 0 Å². The SMILES string of the molecule is O=C(O)C1=CCC[C@H]2C(=O)OCC[C@H]12. The van der Waals surface area contributed by atoms with E-state index in [0.29, 0.717) is 25.0 Å². The predicted molar refractivity (Wildman–Crippen MR) is 47.5 cm³/mol. The van der Waals surface area contributed by atoms with Crippen molar-refractivity contribution in [1.29, 1.82) is 0 Å². The zero-order valence-electron chi connectivity index (χ0n) is 7.73. The molecule has 14 heavy (non-hydrogen) atoms. The summed E-state index contributed by atoms with van der Waals surface area (Å²) in [7, 11) is 0. The van der Waals surface area contributed by atoms with E-state index in [1.807, 2.05) is 0 Å². The third-order valence-corrected chi connectivity index (χ3v) is 2.95. The average Bonchev–Trinajstić information content (AvgIpc) is 2.17. The Kier molecular flexibility index (Phi) is 2.27. The summed E-state index contributed by atoms with van der Waals surface area (Å²) in [4.78, 5) is 22.2. The van der Waals surface area contributed by atoms with E-state index in [1.54, 1.807) is 6.08 Å². The number of aliphatic carboxylic acids is 1. The molecule has 1 saturated heterocycles. The van der Waals surface area contributed by atoms with E-state index < -0.39 is 5.97 Å². The molecule has 1 heterocycles. The number of carboxylic acid groups (broad SMARTS) is 1. The quantitative estimate of drug-likeness (QED) is 0.635. The van der Waals surface area contributed by atoms with Gasteiger partial charge >= 0.3 is 11.9 Å². The first kappa shape index (κ1) is 9.24. The highest BCUT2D eigenvalue weighted by molar-refractivity contribution is 5.89. The summed E-state index contributed by atoms with van der Waals surface area (Å²) < 4.78 is 4.92. The lowest BCUT2D eigenvalue weighted by atomic mass is 9.75. The molecule has 0 amide bonds. The molecular weight excluding hydrogens is 184 g/mol. The van der Waals surface area contributed by atoms with Gasteiger partial charge in [0.25, 0.3) is 0 Å². The zero-order chi connectivity index (χ0) is 10.1. The fourth-order valence-corrected chi connectivity index (χ4v) is 2.27. The minimum Gasteiger partial charge on any atom is -0.478 e. The molecule has 0 aromatic rings. The molecule has 1 fully saturated rings. The zero-order valence-corrected chi connectivity index (χ0v) is 7.73. The molecule has 0 spiro atoms. The van der Waals surface area contributed by atoms with Gasteiger partial charge in [0.15, 0.2) is 0 Å². The van der Waals surface area contributed by atoms with Crippen LogP contribution in [0.15, 0.2) is 11.6 Å². The molecular formula is C10H12O4. The molecule has 2 rings (SSSR count). The summed E-state index contributed by atoms with van der Waals surface area (Å²) in [6.45, 7) is 0.352. The Hall–Kier alpha value is -1.32. The van der Waals surface area contributed by atoms with E-state index in [-0.39, 0.29) is 17.8 Å². The number of carbonyl (C=O) groups is 2. The van der Waals surface area contributed by atoms with Crippen LogP contribution in [0.25, 0.3) is 0 Å². The highest BCUT2D eigenvalue weighted by atomic mass is 16.5. The Morgan fingerprint density at radius 1 is 1.43 bits per heavy atom. The molecule has 0 radical (unpaired) electrons. The fraction of sp³-hybridized carbons (Fsp3) is 0.600. The summed E-state index contributed by atoms with van der Waals surface area (Å²) >= 11 is 0. The third-order valence-electron chi connectivity index (χ3n) is 2.95. The van der Waals surface area contributed by atoms with Crippen molar-refractivity contribution >= 4 is 11.9 Å². The van der Waals surface area contributed by atoms with E-state index >= 15 is 0 Å². The van der Waals surface area contributed by atoms with Gasteiger partial charge < -0.3 is 9.84 Å². The summed E-state index contributed by atoms with van der Waals surface area (Å²) in [6.07, 6.45) is 3.77. The molecule has 2 atom stereocenters. The second kappa shape index (κ2) is 3.44. The van der Waals surface area contributed by atoms with Gasteiger partial charge in [-0.1, -0.05) is 6.08 Å². The first-order valence-corrected chi connectivity index (χ1v) is 4.80. The van der Waals surface area contributed by atoms with E-state index in [4.69, 9.17) is 9.84 Å². The van der Waals surface area contributed by atoms with Crippen LogP contribution in [0.5, 0.6) is 0 Å². The molecule has 0 aromatic heterocycles. The molecule has 2 aliphatic rings. The van der Waals surface area contributed by atoms with Gasteiger partial charge in [0.1, 0.15) is 0 Å². The molecule has 4 heteroatoms. The third kappa shape index (κ3) is 1.41. The minimum atomic E-state index is -0.894. The topological polar surface area (TPSA) is 63.6 Å². The lowest BCUT2D eigenvalue weighted by Gasteiger charge is -2.33. The van der Waals surface area contributed by atoms with Crippen LogP contribution >= 0.6 is 0 Å². The van der Waals surface area contributed by atoms with E-state index in [1.165, 1.54) is 0 Å². The number of ether oxygens (including phenoxy) is 1. The number of cyclic esters (lactones) is 1. The first-order chi connectivity index (χ1) is 6.70. The van der Waals surface area contributed by atoms with Crippen molar-refractivity contribution in [2.45, 2.75) is 19.3 Å². The van der Waals surface area contributed by atoms with Gasteiger partial charge in [-0.25, -0.2) is 4.79 Å². The number of carbonyl (C=O) groups excluding carboxylic acids is 1. The summed E-state index contributed by atoms with van der Waals surface area (Å²) in [5.41, 5.74) is 0.401. The minimum absolute atomic E-state index is 0.123. The fourth-order valence-electron chi connectivity index (χ4n) is 2.27. The van der Waals surface area contributed by atoms with E-state index in [0.717, 1.165) is 6.42 Å². The van der Waals surface area contributed by atoms with Crippen molar-refractivity contribution in [3.05, 3.63) is 11.6 Å². The van der Waals surface area contributed by atoms with Crippen LogP contribution in [-0.2, 0) is 14.3 Å². The van der Waals surface area contributed by atoms with E-state index in [9.17, 15) is 9.59 Å². The summed E-state index contributed by atoms with van der Waals surface area (Å²) in [5, 5.41) is 8.94. The molecule has 1 aliphatic carbocycles. The Balaban J connectivity index is 2.25. The molecule has 0 saturated carbocycles. The number of hydrogen-bond acceptors (Lipinski definition) is 3. The van der Waals surface area contributed by atoms with Crippen LogP contribution < -0.4 is 0 Å². The number of allylic oxidation sites excluding steroid dienone is 1. The molecule has 1 N–H and O–H groups in total. The number of esters is 1. The highest BCUT2D eigenvalue weighted by Crippen LogP contribution is 2.36. The van der Waals surface area contributed by atoms with Crippen molar-refractivity contribution < 1.29 is 19.4 Å². The maximum absolute atomic E-state index is 11.4. The van der Waals surface area contributed by atoms with Crippen LogP contribution in [0.3, 0.4) is 0 Å². The Morgan fingerprint density at radius 2 is 2.21 bits per heavy atom. The molecule has 0 aromatic carbocycles. The van der Waals surface area contributed by atoms with Crippen molar-refractivity contribution in [2.24, 2.45) is 11.8 Å². The van der Waals surface area contributed by atoms with Crippen LogP contribution in [0.1, 0.15) is 19.3 Å². The maximum atomic E-state index is 11.4. The predicted octanol–water partition coefficient (Wildman–Crippen LogP) is 0.970. The van der Waals surface area contributed by atoms with Crippen molar-refractivity contribution in [1.82, 2.24) is 0 Å². The summed E-state index contributed by atoms with van der Waals surface area (Å²) in [5.74, 6) is -1.47. The number of carboxylic acids is 1. The molecule has 0 unspecified atom stereocenters. The second-order valence-electron chi connectivity index (χ2n) is 3.71. The van der Waals surface area contributed by atoms with Crippen LogP contribution in [0.4, 0.5) is 0 Å². The lowest BCUT2D eigenvalue weighted by Crippen LogP contribution is -2.37. The second-order valence-corrected chi connectivity index (χ2v) is 3.71. The van der Waals surface area contributed by atoms with Gasteiger partial charge in [-0.3, -0.25) is 4.79 Å². The first-order valence-electron chi connectivity index (χ1n) is 4.80. The molecule has 76 valence electrons.